The third kappa shape index (κ3) is 2.42. The van der Waals surface area contributed by atoms with Gasteiger partial charge < -0.3 is 4.98 Å². The second-order valence-corrected chi connectivity index (χ2v) is 6.00. The molecule has 23 heavy (non-hydrogen) atoms. The first kappa shape index (κ1) is 13.8. The summed E-state index contributed by atoms with van der Waals surface area (Å²) >= 11 is 0. The minimum Gasteiger partial charge on any atom is -0.358 e. The Morgan fingerprint density at radius 2 is 1.70 bits per heavy atom. The monoisotopic (exact) mass is 299 g/mol. The zero-order valence-corrected chi connectivity index (χ0v) is 13.4. The van der Waals surface area contributed by atoms with Crippen LogP contribution in [0.4, 0.5) is 0 Å². The molecule has 0 radical (unpaired) electrons. The van der Waals surface area contributed by atoms with Gasteiger partial charge in [0.25, 0.3) is 0 Å². The van der Waals surface area contributed by atoms with Gasteiger partial charge in [-0.15, -0.1) is 0 Å². The maximum absolute atomic E-state index is 3.51. The van der Waals surface area contributed by atoms with Gasteiger partial charge in [-0.05, 0) is 29.3 Å². The van der Waals surface area contributed by atoms with E-state index in [1.165, 1.54) is 38.5 Å². The minimum absolute atomic E-state index is 1.19. The number of fused-ring (bicyclic) bond motifs is 3. The van der Waals surface area contributed by atoms with E-state index in [1.807, 2.05) is 11.6 Å². The predicted molar refractivity (Wildman–Crippen MR) is 97.1 cm³/mol. The zero-order chi connectivity index (χ0) is 15.8. The van der Waals surface area contributed by atoms with Crippen LogP contribution < -0.4 is 4.57 Å². The first-order chi connectivity index (χ1) is 11.2. The van der Waals surface area contributed by atoms with Crippen LogP contribution in [0.25, 0.3) is 33.8 Å². The summed E-state index contributed by atoms with van der Waals surface area (Å²) in [4.78, 5) is 3.51. The van der Waals surface area contributed by atoms with E-state index in [9.17, 15) is 0 Å². The first-order valence-electron chi connectivity index (χ1n) is 7.86. The molecule has 0 bridgehead atoms. The lowest BCUT2D eigenvalue weighted by Crippen LogP contribution is -2.25. The van der Waals surface area contributed by atoms with E-state index in [0.717, 1.165) is 0 Å². The van der Waals surface area contributed by atoms with Crippen molar-refractivity contribution in [3.8, 4) is 0 Å². The normalized spacial score (nSPS) is 11.7. The molecule has 4 aromatic rings. The number of benzene rings is 2. The van der Waals surface area contributed by atoms with Crippen LogP contribution in [0.1, 0.15) is 16.8 Å². The Bertz CT molecular complexity index is 1020. The van der Waals surface area contributed by atoms with E-state index in [-0.39, 0.29) is 0 Å². The maximum atomic E-state index is 3.51. The Kier molecular flexibility index (Phi) is 3.23. The van der Waals surface area contributed by atoms with Gasteiger partial charge in [0.2, 0.25) is 0 Å². The Balaban J connectivity index is 1.90. The van der Waals surface area contributed by atoms with Crippen LogP contribution in [0.15, 0.2) is 60.9 Å². The largest absolute Gasteiger partial charge is 0.358 e. The highest BCUT2D eigenvalue weighted by Gasteiger charge is 2.09. The van der Waals surface area contributed by atoms with Crippen LogP contribution in [-0.4, -0.2) is 4.98 Å². The quantitative estimate of drug-likeness (QED) is 0.521. The van der Waals surface area contributed by atoms with Crippen molar-refractivity contribution < 1.29 is 4.57 Å². The van der Waals surface area contributed by atoms with E-state index in [0.29, 0.717) is 0 Å². The summed E-state index contributed by atoms with van der Waals surface area (Å²) in [6, 6.07) is 17.2. The molecule has 1 N–H and O–H groups in total. The Morgan fingerprint density at radius 3 is 2.52 bits per heavy atom. The molecule has 0 spiro atoms. The first-order valence-corrected chi connectivity index (χ1v) is 7.86. The van der Waals surface area contributed by atoms with Crippen LogP contribution in [0, 0.1) is 6.92 Å². The lowest BCUT2D eigenvalue weighted by molar-refractivity contribution is -0.671. The predicted octanol–water partition coefficient (Wildman–Crippen LogP) is 4.62. The summed E-state index contributed by atoms with van der Waals surface area (Å²) in [5.74, 6) is 0. The molecule has 0 saturated carbocycles. The van der Waals surface area contributed by atoms with Gasteiger partial charge in [-0.25, -0.2) is 4.57 Å². The molecule has 0 aliphatic heterocycles. The average Bonchev–Trinajstić information content (AvgIpc) is 2.90. The summed E-state index contributed by atoms with van der Waals surface area (Å²) in [6.07, 6.45) is 8.53. The molecule has 4 rings (SSSR count). The second kappa shape index (κ2) is 5.40. The van der Waals surface area contributed by atoms with Crippen molar-refractivity contribution in [2.24, 2.45) is 7.05 Å². The zero-order valence-electron chi connectivity index (χ0n) is 13.4. The van der Waals surface area contributed by atoms with Crippen molar-refractivity contribution in [2.45, 2.75) is 6.92 Å². The fraction of sp³-hybridized carbons (Fsp3) is 0.0952. The molecule has 0 saturated heterocycles. The molecule has 2 heteroatoms. The molecular weight excluding hydrogens is 280 g/mol. The van der Waals surface area contributed by atoms with Crippen LogP contribution in [-0.2, 0) is 7.05 Å². The van der Waals surface area contributed by atoms with Crippen molar-refractivity contribution in [3.05, 3.63) is 77.7 Å². The standard InChI is InChI=1S/C21H18N2/c1-15-18(9-7-16-11-13-23(2)14-12-16)21-19-6-4-3-5-17(19)8-10-20(21)22-15/h3-14H,1-2H3/p+1. The maximum Gasteiger partial charge on any atom is 0.169 e. The van der Waals surface area contributed by atoms with E-state index in [2.05, 4.69) is 85.0 Å². The number of pyridine rings is 1. The summed E-state index contributed by atoms with van der Waals surface area (Å²) in [5, 5.41) is 3.88. The van der Waals surface area contributed by atoms with Gasteiger partial charge in [-0.2, -0.15) is 0 Å². The number of hydrogen-bond donors (Lipinski definition) is 1. The Morgan fingerprint density at radius 1 is 0.913 bits per heavy atom. The molecule has 0 aliphatic rings. The van der Waals surface area contributed by atoms with Crippen LogP contribution in [0.3, 0.4) is 0 Å². The molecule has 0 atom stereocenters. The van der Waals surface area contributed by atoms with Crippen LogP contribution in [0.5, 0.6) is 0 Å². The van der Waals surface area contributed by atoms with E-state index < -0.39 is 0 Å². The van der Waals surface area contributed by atoms with Crippen LogP contribution >= 0.6 is 0 Å². The molecule has 2 heterocycles. The molecular formula is C21H19N2+. The molecule has 0 fully saturated rings. The molecule has 2 aromatic carbocycles. The highest BCUT2D eigenvalue weighted by atomic mass is 14.9. The number of rotatable bonds is 2. The van der Waals surface area contributed by atoms with Gasteiger partial charge in [-0.1, -0.05) is 42.5 Å². The van der Waals surface area contributed by atoms with Crippen molar-refractivity contribution in [1.29, 1.82) is 0 Å². The molecule has 112 valence electrons. The highest BCUT2D eigenvalue weighted by molar-refractivity contribution is 6.11. The van der Waals surface area contributed by atoms with Gasteiger partial charge in [0.05, 0.1) is 0 Å². The summed E-state index contributed by atoms with van der Waals surface area (Å²) in [7, 11) is 2.03. The Hall–Kier alpha value is -2.87. The number of aromatic amines is 1. The minimum atomic E-state index is 1.19. The fourth-order valence-corrected chi connectivity index (χ4v) is 3.13. The number of aryl methyl sites for hydroxylation is 2. The smallest absolute Gasteiger partial charge is 0.169 e. The van der Waals surface area contributed by atoms with E-state index >= 15 is 0 Å². The van der Waals surface area contributed by atoms with Crippen molar-refractivity contribution in [1.82, 2.24) is 4.98 Å². The van der Waals surface area contributed by atoms with E-state index in [1.54, 1.807) is 0 Å². The lowest BCUT2D eigenvalue weighted by Gasteiger charge is -2.01. The summed E-state index contributed by atoms with van der Waals surface area (Å²) in [5.41, 5.74) is 4.87. The molecule has 2 aromatic heterocycles. The van der Waals surface area contributed by atoms with Crippen molar-refractivity contribution in [2.75, 3.05) is 0 Å². The Labute approximate surface area is 135 Å². The fourth-order valence-electron chi connectivity index (χ4n) is 3.13. The number of nitrogens with one attached hydrogen (secondary N) is 1. The third-order valence-corrected chi connectivity index (χ3v) is 4.37. The summed E-state index contributed by atoms with van der Waals surface area (Å²) < 4.78 is 2.04. The number of hydrogen-bond acceptors (Lipinski definition) is 0. The SMILES string of the molecule is Cc1[nH]c2ccc3ccccc3c2c1C=Cc1cc[n+](C)cc1. The topological polar surface area (TPSA) is 19.7 Å². The van der Waals surface area contributed by atoms with Gasteiger partial charge >= 0.3 is 0 Å². The highest BCUT2D eigenvalue weighted by Crippen LogP contribution is 2.31. The molecule has 0 unspecified atom stereocenters. The number of aromatic nitrogens is 2. The average molecular weight is 299 g/mol. The van der Waals surface area contributed by atoms with Gasteiger partial charge in [-0.3, -0.25) is 0 Å². The number of H-pyrrole nitrogens is 1. The third-order valence-electron chi connectivity index (χ3n) is 4.37. The second-order valence-electron chi connectivity index (χ2n) is 6.00. The molecule has 2 nitrogen and oxygen atoms in total. The van der Waals surface area contributed by atoms with Crippen molar-refractivity contribution >= 4 is 33.8 Å². The van der Waals surface area contributed by atoms with Gasteiger partial charge in [0.15, 0.2) is 12.4 Å². The van der Waals surface area contributed by atoms with Gasteiger partial charge in [0, 0.05) is 34.3 Å². The van der Waals surface area contributed by atoms with Crippen molar-refractivity contribution in [3.63, 3.8) is 0 Å². The van der Waals surface area contributed by atoms with Gasteiger partial charge in [0.1, 0.15) is 7.05 Å². The summed E-state index contributed by atoms with van der Waals surface area (Å²) in [6.45, 7) is 2.14. The molecule has 0 amide bonds. The van der Waals surface area contributed by atoms with Crippen LogP contribution in [0.2, 0.25) is 0 Å². The molecule has 0 aliphatic carbocycles. The van der Waals surface area contributed by atoms with E-state index in [4.69, 9.17) is 0 Å². The number of nitrogens with zero attached hydrogens (tertiary/aromatic N) is 1. The lowest BCUT2D eigenvalue weighted by atomic mass is 10.0.